The van der Waals surface area contributed by atoms with Gasteiger partial charge in [-0.3, -0.25) is 0 Å². The number of methoxy groups -OCH3 is 1. The van der Waals surface area contributed by atoms with Gasteiger partial charge in [0.1, 0.15) is 12.7 Å². The van der Waals surface area contributed by atoms with E-state index < -0.39 is 0 Å². The first-order valence-electron chi connectivity index (χ1n) is 7.36. The maximum atomic E-state index is 9.07. The number of hydrogen-bond donors (Lipinski definition) is 1. The van der Waals surface area contributed by atoms with Crippen molar-refractivity contribution in [1.29, 1.82) is 5.26 Å². The summed E-state index contributed by atoms with van der Waals surface area (Å²) in [4.78, 5) is 4.01. The topological polar surface area (TPSA) is 92.7 Å². The third kappa shape index (κ3) is 4.48. The molecule has 1 heterocycles. The van der Waals surface area contributed by atoms with Gasteiger partial charge in [-0.25, -0.2) is 5.43 Å². The SMILES string of the molecule is C=CCOc1ccc(C=NNc2oc(C(=C)C)nc2C#N)cc1OC. The number of hydrazone groups is 1. The Morgan fingerprint density at radius 3 is 2.92 bits per heavy atom. The molecule has 0 bridgehead atoms. The molecule has 0 radical (unpaired) electrons. The number of rotatable bonds is 8. The second-order valence-electron chi connectivity index (χ2n) is 4.97. The number of nitrogens with zero attached hydrogens (tertiary/aromatic N) is 3. The first kappa shape index (κ1) is 17.8. The maximum absolute atomic E-state index is 9.07. The lowest BCUT2D eigenvalue weighted by atomic mass is 10.2. The molecule has 128 valence electrons. The standard InChI is InChI=1S/C18H18N4O3/c1-5-8-24-15-7-6-13(9-16(15)23-4)11-20-22-18-14(10-19)21-17(25-18)12(2)3/h5-7,9,11,22H,1-2,8H2,3-4H3. The van der Waals surface area contributed by atoms with Gasteiger partial charge < -0.3 is 13.9 Å². The van der Waals surface area contributed by atoms with Crippen LogP contribution >= 0.6 is 0 Å². The second-order valence-corrected chi connectivity index (χ2v) is 4.97. The molecule has 25 heavy (non-hydrogen) atoms. The lowest BCUT2D eigenvalue weighted by Crippen LogP contribution is -1.97. The normalized spacial score (nSPS) is 10.3. The van der Waals surface area contributed by atoms with E-state index in [9.17, 15) is 0 Å². The van der Waals surface area contributed by atoms with Crippen molar-refractivity contribution in [3.63, 3.8) is 0 Å². The quantitative estimate of drug-likeness (QED) is 0.449. The van der Waals surface area contributed by atoms with Gasteiger partial charge in [-0.2, -0.15) is 15.3 Å². The zero-order valence-corrected chi connectivity index (χ0v) is 14.1. The fourth-order valence-electron chi connectivity index (χ4n) is 1.85. The van der Waals surface area contributed by atoms with Gasteiger partial charge in [0, 0.05) is 5.57 Å². The van der Waals surface area contributed by atoms with Crippen LogP contribution in [0.15, 0.2) is 47.0 Å². The van der Waals surface area contributed by atoms with Crippen molar-refractivity contribution in [2.75, 3.05) is 19.1 Å². The fourth-order valence-corrected chi connectivity index (χ4v) is 1.85. The van der Waals surface area contributed by atoms with Crippen molar-refractivity contribution in [2.24, 2.45) is 5.10 Å². The Labute approximate surface area is 145 Å². The average Bonchev–Trinajstić information content (AvgIpc) is 3.04. The average molecular weight is 338 g/mol. The number of allylic oxidation sites excluding steroid dienone is 1. The van der Waals surface area contributed by atoms with E-state index in [1.807, 2.05) is 12.1 Å². The third-order valence-electron chi connectivity index (χ3n) is 3.02. The van der Waals surface area contributed by atoms with Crippen LogP contribution in [0.5, 0.6) is 11.5 Å². The lowest BCUT2D eigenvalue weighted by Gasteiger charge is -2.09. The molecule has 0 saturated carbocycles. The van der Waals surface area contributed by atoms with Crippen LogP contribution in [-0.2, 0) is 0 Å². The molecule has 1 N–H and O–H groups in total. The van der Waals surface area contributed by atoms with Crippen molar-refractivity contribution in [1.82, 2.24) is 4.98 Å². The van der Waals surface area contributed by atoms with Gasteiger partial charge >= 0.3 is 0 Å². The summed E-state index contributed by atoms with van der Waals surface area (Å²) in [5.41, 5.74) is 4.17. The van der Waals surface area contributed by atoms with Crippen molar-refractivity contribution < 1.29 is 13.9 Å². The fraction of sp³-hybridized carbons (Fsp3) is 0.167. The highest BCUT2D eigenvalue weighted by molar-refractivity contribution is 5.81. The molecule has 1 aromatic heterocycles. The van der Waals surface area contributed by atoms with E-state index in [0.29, 0.717) is 29.6 Å². The summed E-state index contributed by atoms with van der Waals surface area (Å²) < 4.78 is 16.2. The molecule has 0 fully saturated rings. The van der Waals surface area contributed by atoms with Gasteiger partial charge in [0.15, 0.2) is 11.5 Å². The number of hydrogen-bond acceptors (Lipinski definition) is 7. The summed E-state index contributed by atoms with van der Waals surface area (Å²) in [6.07, 6.45) is 3.21. The summed E-state index contributed by atoms with van der Waals surface area (Å²) in [5, 5.41) is 13.1. The van der Waals surface area contributed by atoms with Crippen molar-refractivity contribution >= 4 is 17.7 Å². The molecule has 0 aliphatic heterocycles. The second kappa shape index (κ2) is 8.36. The minimum Gasteiger partial charge on any atom is -0.493 e. The van der Waals surface area contributed by atoms with E-state index in [2.05, 4.69) is 28.7 Å². The summed E-state index contributed by atoms with van der Waals surface area (Å²) in [6, 6.07) is 7.30. The zero-order chi connectivity index (χ0) is 18.2. The monoisotopic (exact) mass is 338 g/mol. The van der Waals surface area contributed by atoms with E-state index in [1.54, 1.807) is 38.5 Å². The summed E-state index contributed by atoms with van der Waals surface area (Å²) in [6.45, 7) is 9.46. The summed E-state index contributed by atoms with van der Waals surface area (Å²) in [7, 11) is 1.56. The summed E-state index contributed by atoms with van der Waals surface area (Å²) >= 11 is 0. The van der Waals surface area contributed by atoms with Gasteiger partial charge in [-0.15, -0.1) is 0 Å². The molecule has 2 rings (SSSR count). The Kier molecular flexibility index (Phi) is 5.96. The molecule has 0 saturated heterocycles. The van der Waals surface area contributed by atoms with Crippen LogP contribution in [0.4, 0.5) is 5.88 Å². The number of benzene rings is 1. The number of anilines is 1. The largest absolute Gasteiger partial charge is 0.493 e. The van der Waals surface area contributed by atoms with E-state index >= 15 is 0 Å². The van der Waals surface area contributed by atoms with Crippen LogP contribution in [0, 0.1) is 11.3 Å². The first-order valence-corrected chi connectivity index (χ1v) is 7.36. The lowest BCUT2D eigenvalue weighted by molar-refractivity contribution is 0.326. The van der Waals surface area contributed by atoms with Crippen molar-refractivity contribution in [3.05, 3.63) is 54.6 Å². The van der Waals surface area contributed by atoms with Gasteiger partial charge in [-0.1, -0.05) is 19.2 Å². The van der Waals surface area contributed by atoms with E-state index in [1.165, 1.54) is 0 Å². The van der Waals surface area contributed by atoms with Gasteiger partial charge in [0.05, 0.1) is 13.3 Å². The smallest absolute Gasteiger partial charge is 0.252 e. The maximum Gasteiger partial charge on any atom is 0.252 e. The Morgan fingerprint density at radius 1 is 1.48 bits per heavy atom. The zero-order valence-electron chi connectivity index (χ0n) is 14.1. The highest BCUT2D eigenvalue weighted by Gasteiger charge is 2.12. The van der Waals surface area contributed by atoms with Gasteiger partial charge in [-0.05, 0) is 30.7 Å². The molecule has 0 aliphatic rings. The number of ether oxygens (including phenoxy) is 2. The minimum atomic E-state index is 0.112. The molecule has 0 aliphatic carbocycles. The third-order valence-corrected chi connectivity index (χ3v) is 3.02. The molecule has 0 unspecified atom stereocenters. The highest BCUT2D eigenvalue weighted by Crippen LogP contribution is 2.27. The van der Waals surface area contributed by atoms with E-state index in [-0.39, 0.29) is 11.6 Å². The number of nitriles is 1. The number of aromatic nitrogens is 1. The predicted molar refractivity (Wildman–Crippen MR) is 95.8 cm³/mol. The van der Waals surface area contributed by atoms with Crippen LogP contribution in [0.2, 0.25) is 0 Å². The molecule has 0 atom stereocenters. The minimum absolute atomic E-state index is 0.112. The molecule has 0 spiro atoms. The van der Waals surface area contributed by atoms with Crippen LogP contribution < -0.4 is 14.9 Å². The highest BCUT2D eigenvalue weighted by atomic mass is 16.5. The molecule has 7 nitrogen and oxygen atoms in total. The van der Waals surface area contributed by atoms with Crippen LogP contribution in [0.25, 0.3) is 5.57 Å². The Balaban J connectivity index is 2.13. The number of oxazole rings is 1. The molecule has 1 aromatic carbocycles. The van der Waals surface area contributed by atoms with E-state index in [0.717, 1.165) is 5.56 Å². The Hall–Kier alpha value is -3.53. The Bertz CT molecular complexity index is 846. The summed E-state index contributed by atoms with van der Waals surface area (Å²) in [5.74, 6) is 1.64. The molecular formula is C18H18N4O3. The molecule has 7 heteroatoms. The van der Waals surface area contributed by atoms with E-state index in [4.69, 9.17) is 19.2 Å². The first-order chi connectivity index (χ1) is 12.1. The molecule has 0 amide bonds. The Morgan fingerprint density at radius 2 is 2.28 bits per heavy atom. The van der Waals surface area contributed by atoms with Crippen molar-refractivity contribution in [2.45, 2.75) is 6.92 Å². The van der Waals surface area contributed by atoms with Crippen LogP contribution in [-0.4, -0.2) is 24.9 Å². The van der Waals surface area contributed by atoms with Crippen molar-refractivity contribution in [3.8, 4) is 17.6 Å². The predicted octanol–water partition coefficient (Wildman–Crippen LogP) is 3.60. The number of nitrogens with one attached hydrogen (secondary N) is 1. The van der Waals surface area contributed by atoms with Crippen LogP contribution in [0.1, 0.15) is 24.1 Å². The van der Waals surface area contributed by atoms with Crippen LogP contribution in [0.3, 0.4) is 0 Å². The van der Waals surface area contributed by atoms with Gasteiger partial charge in [0.2, 0.25) is 11.6 Å². The molecule has 2 aromatic rings. The molecular weight excluding hydrogens is 320 g/mol. The van der Waals surface area contributed by atoms with Gasteiger partial charge in [0.25, 0.3) is 5.88 Å².